The summed E-state index contributed by atoms with van der Waals surface area (Å²) < 4.78 is 45.0. The normalized spacial score (nSPS) is 16.9. The van der Waals surface area contributed by atoms with Gasteiger partial charge in [-0.15, -0.1) is 0 Å². The summed E-state index contributed by atoms with van der Waals surface area (Å²) in [6, 6.07) is 3.99. The lowest BCUT2D eigenvalue weighted by molar-refractivity contribution is -0.0494. The van der Waals surface area contributed by atoms with E-state index in [0.29, 0.717) is 36.5 Å². The van der Waals surface area contributed by atoms with E-state index in [1.54, 1.807) is 11.8 Å². The number of nitrogens with one attached hydrogen (secondary N) is 1. The predicted octanol–water partition coefficient (Wildman–Crippen LogP) is 3.09. The average molecular weight is 473 g/mol. The lowest BCUT2D eigenvalue weighted by Crippen LogP contribution is -2.62. The van der Waals surface area contributed by atoms with Gasteiger partial charge < -0.3 is 20.7 Å². The zero-order valence-electron chi connectivity index (χ0n) is 18.2. The van der Waals surface area contributed by atoms with Crippen LogP contribution in [0.4, 0.5) is 23.8 Å². The van der Waals surface area contributed by atoms with E-state index in [2.05, 4.69) is 25.1 Å². The maximum absolute atomic E-state index is 13.4. The van der Waals surface area contributed by atoms with Crippen molar-refractivity contribution in [3.63, 3.8) is 0 Å². The Morgan fingerprint density at radius 2 is 2.03 bits per heavy atom. The maximum Gasteiger partial charge on any atom is 0.387 e. The fourth-order valence-corrected chi connectivity index (χ4v) is 4.56. The van der Waals surface area contributed by atoms with Crippen LogP contribution in [0.5, 0.6) is 5.75 Å². The van der Waals surface area contributed by atoms with Crippen molar-refractivity contribution in [2.75, 3.05) is 18.8 Å². The molecule has 0 unspecified atom stereocenters. The van der Waals surface area contributed by atoms with Crippen molar-refractivity contribution < 1.29 is 22.7 Å². The molecule has 34 heavy (non-hydrogen) atoms. The Bertz CT molecular complexity index is 1240. The first-order chi connectivity index (χ1) is 16.2. The molecule has 3 N–H and O–H groups in total. The number of likely N-dealkylation sites (tertiary alicyclic amines) is 1. The van der Waals surface area contributed by atoms with E-state index in [-0.39, 0.29) is 23.0 Å². The Hall–Kier alpha value is -3.83. The molecule has 2 aliphatic rings. The number of nitrogens with two attached hydrogens (primary N) is 1. The second kappa shape index (κ2) is 8.19. The summed E-state index contributed by atoms with van der Waals surface area (Å²) in [5, 5.41) is 7.46. The third-order valence-electron chi connectivity index (χ3n) is 6.36. The summed E-state index contributed by atoms with van der Waals surface area (Å²) in [7, 11) is 0. The molecule has 2 aliphatic heterocycles. The highest BCUT2D eigenvalue weighted by molar-refractivity contribution is 5.76. The van der Waals surface area contributed by atoms with Crippen molar-refractivity contribution in [3.05, 3.63) is 53.9 Å². The number of urea groups is 1. The van der Waals surface area contributed by atoms with Gasteiger partial charge in [-0.1, -0.05) is 0 Å². The molecule has 0 aliphatic carbocycles. The SMILES string of the molecule is C[C@@H](NC(=O)N1CC2(CCn3nc(-c4cnc(N)c(OC(F)F)c4)cc32)C1)c1cncc(F)c1. The van der Waals surface area contributed by atoms with E-state index >= 15 is 0 Å². The zero-order valence-corrected chi connectivity index (χ0v) is 18.2. The molecule has 5 rings (SSSR count). The van der Waals surface area contributed by atoms with Crippen LogP contribution in [-0.2, 0) is 12.0 Å². The van der Waals surface area contributed by atoms with Crippen molar-refractivity contribution in [2.45, 2.75) is 38.0 Å². The number of anilines is 1. The molecule has 178 valence electrons. The number of carbonyl (C=O) groups is 1. The van der Waals surface area contributed by atoms with Gasteiger partial charge in [0.25, 0.3) is 0 Å². The van der Waals surface area contributed by atoms with Crippen LogP contribution in [0.25, 0.3) is 11.3 Å². The smallest absolute Gasteiger partial charge is 0.387 e. The van der Waals surface area contributed by atoms with Gasteiger partial charge in [-0.3, -0.25) is 9.67 Å². The van der Waals surface area contributed by atoms with E-state index in [1.807, 2.05) is 10.7 Å². The number of pyridine rings is 2. The molecule has 0 bridgehead atoms. The number of aryl methyl sites for hydroxylation is 1. The number of amides is 2. The molecule has 2 amide bonds. The summed E-state index contributed by atoms with van der Waals surface area (Å²) >= 11 is 0. The Balaban J connectivity index is 1.28. The lowest BCUT2D eigenvalue weighted by atomic mass is 9.76. The van der Waals surface area contributed by atoms with Crippen LogP contribution in [0.2, 0.25) is 0 Å². The van der Waals surface area contributed by atoms with Gasteiger partial charge in [0.1, 0.15) is 5.82 Å². The Labute approximate surface area is 192 Å². The minimum atomic E-state index is -3.01. The van der Waals surface area contributed by atoms with E-state index < -0.39 is 18.5 Å². The number of rotatable bonds is 5. The average Bonchev–Trinajstić information content (AvgIpc) is 3.33. The number of ether oxygens (including phenoxy) is 1. The van der Waals surface area contributed by atoms with Gasteiger partial charge >= 0.3 is 12.6 Å². The molecule has 0 radical (unpaired) electrons. The minimum absolute atomic E-state index is 0.129. The number of halogens is 3. The van der Waals surface area contributed by atoms with Gasteiger partial charge in [-0.2, -0.15) is 13.9 Å². The van der Waals surface area contributed by atoms with Gasteiger partial charge in [0.2, 0.25) is 0 Å². The van der Waals surface area contributed by atoms with Crippen LogP contribution in [0.15, 0.2) is 36.8 Å². The highest BCUT2D eigenvalue weighted by atomic mass is 19.3. The molecular weight excluding hydrogens is 451 g/mol. The van der Waals surface area contributed by atoms with Crippen molar-refractivity contribution in [1.82, 2.24) is 30.0 Å². The van der Waals surface area contributed by atoms with Crippen molar-refractivity contribution in [3.8, 4) is 17.0 Å². The zero-order chi connectivity index (χ0) is 24.0. The number of nitrogen functional groups attached to an aromatic ring is 1. The summed E-state index contributed by atoms with van der Waals surface area (Å²) in [4.78, 5) is 22.2. The van der Waals surface area contributed by atoms with E-state index in [0.717, 1.165) is 18.3 Å². The highest BCUT2D eigenvalue weighted by Crippen LogP contribution is 2.44. The molecule has 1 saturated heterocycles. The predicted molar refractivity (Wildman–Crippen MR) is 116 cm³/mol. The van der Waals surface area contributed by atoms with Crippen LogP contribution in [0, 0.1) is 5.82 Å². The molecule has 12 heteroatoms. The number of carbonyl (C=O) groups excluding carboxylic acids is 1. The van der Waals surface area contributed by atoms with Gasteiger partial charge in [0, 0.05) is 48.7 Å². The maximum atomic E-state index is 13.4. The fourth-order valence-electron chi connectivity index (χ4n) is 4.56. The largest absolute Gasteiger partial charge is 0.431 e. The Morgan fingerprint density at radius 1 is 1.24 bits per heavy atom. The molecule has 1 atom stereocenters. The Kier molecular flexibility index (Phi) is 5.29. The van der Waals surface area contributed by atoms with Gasteiger partial charge in [-0.05, 0) is 37.1 Å². The van der Waals surface area contributed by atoms with E-state index in [4.69, 9.17) is 5.73 Å². The molecule has 0 saturated carbocycles. The third-order valence-corrected chi connectivity index (χ3v) is 6.36. The first kappa shape index (κ1) is 22.0. The minimum Gasteiger partial charge on any atom is -0.431 e. The summed E-state index contributed by atoms with van der Waals surface area (Å²) in [5.41, 5.74) is 8.03. The monoisotopic (exact) mass is 473 g/mol. The van der Waals surface area contributed by atoms with Crippen molar-refractivity contribution in [1.29, 1.82) is 0 Å². The van der Waals surface area contributed by atoms with Crippen LogP contribution in [0.3, 0.4) is 0 Å². The summed E-state index contributed by atoms with van der Waals surface area (Å²) in [5.74, 6) is -0.790. The highest BCUT2D eigenvalue weighted by Gasteiger charge is 2.51. The molecule has 0 aromatic carbocycles. The fraction of sp³-hybridized carbons (Fsp3) is 0.364. The third kappa shape index (κ3) is 3.88. The number of alkyl halides is 2. The molecular formula is C22H22F3N7O2. The van der Waals surface area contributed by atoms with Crippen LogP contribution in [0.1, 0.15) is 30.6 Å². The number of hydrogen-bond donors (Lipinski definition) is 2. The second-order valence-corrected chi connectivity index (χ2v) is 8.62. The van der Waals surface area contributed by atoms with Gasteiger partial charge in [-0.25, -0.2) is 14.2 Å². The van der Waals surface area contributed by atoms with Crippen LogP contribution in [-0.4, -0.2) is 50.4 Å². The van der Waals surface area contributed by atoms with Gasteiger partial charge in [0.15, 0.2) is 11.6 Å². The number of fused-ring (bicyclic) bond motifs is 2. The molecule has 9 nitrogen and oxygen atoms in total. The number of hydrogen-bond acceptors (Lipinski definition) is 6. The van der Waals surface area contributed by atoms with Crippen molar-refractivity contribution in [2.24, 2.45) is 0 Å². The molecule has 3 aromatic rings. The topological polar surface area (TPSA) is 111 Å². The number of nitrogens with zero attached hydrogens (tertiary/aromatic N) is 5. The Morgan fingerprint density at radius 3 is 2.76 bits per heavy atom. The second-order valence-electron chi connectivity index (χ2n) is 8.62. The van der Waals surface area contributed by atoms with Crippen molar-refractivity contribution >= 4 is 11.8 Å². The first-order valence-corrected chi connectivity index (χ1v) is 10.7. The molecule has 3 aromatic heterocycles. The first-order valence-electron chi connectivity index (χ1n) is 10.7. The summed E-state index contributed by atoms with van der Waals surface area (Å²) in [6.45, 7) is 0.462. The van der Waals surface area contributed by atoms with Gasteiger partial charge in [0.05, 0.1) is 17.9 Å². The van der Waals surface area contributed by atoms with E-state index in [9.17, 15) is 18.0 Å². The number of aromatic nitrogens is 4. The van der Waals surface area contributed by atoms with Crippen LogP contribution < -0.4 is 15.8 Å². The summed E-state index contributed by atoms with van der Waals surface area (Å²) in [6.07, 6.45) is 4.93. The standard InChI is InChI=1S/C22H22F3N7O2/c1-12(13-4-15(23)9-27-7-13)29-21(33)31-10-22(11-31)2-3-32-18(22)6-16(30-32)14-5-17(34-20(24)25)19(26)28-8-14/h4-9,12,20H,2-3,10-11H2,1H3,(H2,26,28)(H,29,33)/t12-/m1/s1. The van der Waals surface area contributed by atoms with E-state index in [1.165, 1.54) is 24.5 Å². The van der Waals surface area contributed by atoms with Crippen LogP contribution >= 0.6 is 0 Å². The molecule has 5 heterocycles. The molecule has 1 fully saturated rings. The quantitative estimate of drug-likeness (QED) is 0.589. The lowest BCUT2D eigenvalue weighted by Gasteiger charge is -2.47. The molecule has 1 spiro atoms.